The number of aromatic nitrogens is 1. The highest BCUT2D eigenvalue weighted by molar-refractivity contribution is 6.30. The molecule has 0 amide bonds. The molecule has 1 aromatic heterocycles. The average Bonchev–Trinajstić information content (AvgIpc) is 2.38. The topological polar surface area (TPSA) is 65.3 Å². The molecule has 0 fully saturated rings. The van der Waals surface area contributed by atoms with E-state index in [1.54, 1.807) is 37.4 Å². The van der Waals surface area contributed by atoms with Gasteiger partial charge in [0.2, 0.25) is 0 Å². The molecule has 1 heterocycles. The Labute approximate surface area is 115 Å². The van der Waals surface area contributed by atoms with E-state index in [9.17, 15) is 10.1 Å². The van der Waals surface area contributed by atoms with Gasteiger partial charge in [-0.1, -0.05) is 29.8 Å². The second-order valence-corrected chi connectivity index (χ2v) is 4.28. The van der Waals surface area contributed by atoms with Gasteiger partial charge < -0.3 is 4.74 Å². The van der Waals surface area contributed by atoms with Crippen molar-refractivity contribution in [1.29, 1.82) is 0 Å². The highest BCUT2D eigenvalue weighted by atomic mass is 35.5. The minimum absolute atomic E-state index is 0.0555. The highest BCUT2D eigenvalue weighted by Gasteiger charge is 2.17. The number of rotatable bonds is 4. The Kier molecular flexibility index (Phi) is 3.97. The summed E-state index contributed by atoms with van der Waals surface area (Å²) in [5.41, 5.74) is 1.33. The summed E-state index contributed by atoms with van der Waals surface area (Å²) in [6.45, 7) is 1.89. The van der Waals surface area contributed by atoms with E-state index in [0.29, 0.717) is 16.3 Å². The Bertz CT molecular complexity index is 617. The maximum absolute atomic E-state index is 10.9. The maximum atomic E-state index is 10.9. The zero-order valence-electron chi connectivity index (χ0n) is 10.2. The number of ether oxygens (including phenoxy) is 1. The molecule has 98 valence electrons. The van der Waals surface area contributed by atoms with Crippen molar-refractivity contribution in [3.05, 3.63) is 62.9 Å². The molecule has 0 saturated carbocycles. The first kappa shape index (κ1) is 13.3. The minimum Gasteiger partial charge on any atom is -0.482 e. The summed E-state index contributed by atoms with van der Waals surface area (Å²) in [4.78, 5) is 14.4. The Morgan fingerprint density at radius 1 is 1.37 bits per heavy atom. The van der Waals surface area contributed by atoms with Crippen molar-refractivity contribution < 1.29 is 9.66 Å². The van der Waals surface area contributed by atoms with E-state index in [1.165, 1.54) is 6.07 Å². The Morgan fingerprint density at radius 2 is 2.16 bits per heavy atom. The molecule has 6 heteroatoms. The third kappa shape index (κ3) is 3.00. The smallest absolute Gasteiger partial charge is 0.311 e. The molecule has 0 spiro atoms. The number of nitro groups is 1. The van der Waals surface area contributed by atoms with Gasteiger partial charge in [-0.2, -0.15) is 0 Å². The first-order chi connectivity index (χ1) is 9.09. The standard InChI is InChI=1S/C13H11ClN2O3/c1-9-4-2-6-11(16(17)18)12(9)19-8-10-5-3-7-15-13(10)14/h2-7H,8H2,1H3. The van der Waals surface area contributed by atoms with Crippen molar-refractivity contribution in [3.8, 4) is 5.75 Å². The summed E-state index contributed by atoms with van der Waals surface area (Å²) in [5, 5.41) is 11.3. The largest absolute Gasteiger partial charge is 0.482 e. The SMILES string of the molecule is Cc1cccc([N+](=O)[O-])c1OCc1cccnc1Cl. The van der Waals surface area contributed by atoms with Crippen molar-refractivity contribution >= 4 is 17.3 Å². The fourth-order valence-electron chi connectivity index (χ4n) is 1.65. The van der Waals surface area contributed by atoms with Crippen LogP contribution in [0.5, 0.6) is 5.75 Å². The zero-order chi connectivity index (χ0) is 13.8. The summed E-state index contributed by atoms with van der Waals surface area (Å²) in [6, 6.07) is 8.29. The third-order valence-electron chi connectivity index (χ3n) is 2.60. The van der Waals surface area contributed by atoms with Crippen LogP contribution in [0.25, 0.3) is 0 Å². The molecule has 0 bridgehead atoms. The summed E-state index contributed by atoms with van der Waals surface area (Å²) in [5.74, 6) is 0.257. The molecule has 0 aliphatic rings. The number of benzene rings is 1. The van der Waals surface area contributed by atoms with Crippen LogP contribution in [0.3, 0.4) is 0 Å². The van der Waals surface area contributed by atoms with E-state index in [-0.39, 0.29) is 18.0 Å². The van der Waals surface area contributed by atoms with Gasteiger partial charge in [0.05, 0.1) is 4.92 Å². The van der Waals surface area contributed by atoms with Gasteiger partial charge in [-0.3, -0.25) is 10.1 Å². The number of aryl methyl sites for hydroxylation is 1. The number of nitro benzene ring substituents is 1. The first-order valence-corrected chi connectivity index (χ1v) is 5.93. The molecule has 5 nitrogen and oxygen atoms in total. The predicted molar refractivity (Wildman–Crippen MR) is 71.4 cm³/mol. The number of hydrogen-bond acceptors (Lipinski definition) is 4. The lowest BCUT2D eigenvalue weighted by Crippen LogP contribution is -2.01. The van der Waals surface area contributed by atoms with Gasteiger partial charge >= 0.3 is 5.69 Å². The van der Waals surface area contributed by atoms with Crippen LogP contribution >= 0.6 is 11.6 Å². The molecule has 0 unspecified atom stereocenters. The van der Waals surface area contributed by atoms with Crippen molar-refractivity contribution in [2.45, 2.75) is 13.5 Å². The van der Waals surface area contributed by atoms with Crippen molar-refractivity contribution in [3.63, 3.8) is 0 Å². The molecule has 0 aliphatic heterocycles. The van der Waals surface area contributed by atoms with Gasteiger partial charge in [0, 0.05) is 17.8 Å². The van der Waals surface area contributed by atoms with Gasteiger partial charge in [-0.05, 0) is 18.6 Å². The predicted octanol–water partition coefficient (Wildman–Crippen LogP) is 3.53. The second kappa shape index (κ2) is 5.67. The van der Waals surface area contributed by atoms with Crippen LogP contribution in [0, 0.1) is 17.0 Å². The first-order valence-electron chi connectivity index (χ1n) is 5.56. The number of hydrogen-bond donors (Lipinski definition) is 0. The summed E-state index contributed by atoms with van der Waals surface area (Å²) in [6.07, 6.45) is 1.57. The van der Waals surface area contributed by atoms with Crippen molar-refractivity contribution in [2.24, 2.45) is 0 Å². The van der Waals surface area contributed by atoms with E-state index in [0.717, 1.165) is 0 Å². The molecule has 0 radical (unpaired) electrons. The molecule has 0 atom stereocenters. The van der Waals surface area contributed by atoms with E-state index >= 15 is 0 Å². The molecule has 0 saturated heterocycles. The van der Waals surface area contributed by atoms with Crippen LogP contribution in [0.15, 0.2) is 36.5 Å². The quantitative estimate of drug-likeness (QED) is 0.487. The Balaban J connectivity index is 2.25. The van der Waals surface area contributed by atoms with E-state index in [4.69, 9.17) is 16.3 Å². The minimum atomic E-state index is -0.465. The number of pyridine rings is 1. The average molecular weight is 279 g/mol. The molecule has 0 N–H and O–H groups in total. The molecule has 19 heavy (non-hydrogen) atoms. The summed E-state index contributed by atoms with van der Waals surface area (Å²) < 4.78 is 5.53. The number of para-hydroxylation sites is 1. The van der Waals surface area contributed by atoms with Crippen molar-refractivity contribution in [2.75, 3.05) is 0 Å². The van der Waals surface area contributed by atoms with Gasteiger partial charge in [0.25, 0.3) is 0 Å². The molecule has 2 rings (SSSR count). The van der Waals surface area contributed by atoms with E-state index < -0.39 is 4.92 Å². The Hall–Kier alpha value is -2.14. The zero-order valence-corrected chi connectivity index (χ0v) is 10.9. The van der Waals surface area contributed by atoms with Crippen LogP contribution < -0.4 is 4.74 Å². The maximum Gasteiger partial charge on any atom is 0.311 e. The van der Waals surface area contributed by atoms with Crippen LogP contribution in [0.1, 0.15) is 11.1 Å². The molecule has 1 aromatic carbocycles. The molecule has 2 aromatic rings. The van der Waals surface area contributed by atoms with E-state index in [1.807, 2.05) is 0 Å². The van der Waals surface area contributed by atoms with Crippen molar-refractivity contribution in [1.82, 2.24) is 4.98 Å². The second-order valence-electron chi connectivity index (χ2n) is 3.92. The van der Waals surface area contributed by atoms with Crippen LogP contribution in [0.2, 0.25) is 5.15 Å². The van der Waals surface area contributed by atoms with Crippen LogP contribution in [-0.4, -0.2) is 9.91 Å². The van der Waals surface area contributed by atoms with Crippen LogP contribution in [-0.2, 0) is 6.61 Å². The van der Waals surface area contributed by atoms with Crippen LogP contribution in [0.4, 0.5) is 5.69 Å². The lowest BCUT2D eigenvalue weighted by atomic mass is 10.2. The summed E-state index contributed by atoms with van der Waals surface area (Å²) in [7, 11) is 0. The molecular weight excluding hydrogens is 268 g/mol. The lowest BCUT2D eigenvalue weighted by Gasteiger charge is -2.09. The lowest BCUT2D eigenvalue weighted by molar-refractivity contribution is -0.386. The van der Waals surface area contributed by atoms with Gasteiger partial charge in [0.15, 0.2) is 5.75 Å². The third-order valence-corrected chi connectivity index (χ3v) is 2.94. The van der Waals surface area contributed by atoms with E-state index in [2.05, 4.69) is 4.98 Å². The van der Waals surface area contributed by atoms with Gasteiger partial charge in [-0.15, -0.1) is 0 Å². The fraction of sp³-hybridized carbons (Fsp3) is 0.154. The van der Waals surface area contributed by atoms with Gasteiger partial charge in [-0.25, -0.2) is 4.98 Å². The monoisotopic (exact) mass is 278 g/mol. The molecule has 0 aliphatic carbocycles. The molecular formula is C13H11ClN2O3. The highest BCUT2D eigenvalue weighted by Crippen LogP contribution is 2.31. The Morgan fingerprint density at radius 3 is 2.84 bits per heavy atom. The number of nitrogens with zero attached hydrogens (tertiary/aromatic N) is 2. The number of halogens is 1. The van der Waals surface area contributed by atoms with Gasteiger partial charge in [0.1, 0.15) is 11.8 Å². The normalized spacial score (nSPS) is 10.2. The fourth-order valence-corrected chi connectivity index (χ4v) is 1.82. The summed E-state index contributed by atoms with van der Waals surface area (Å²) >= 11 is 5.91.